The van der Waals surface area contributed by atoms with E-state index in [4.69, 9.17) is 33.7 Å². The van der Waals surface area contributed by atoms with Crippen molar-refractivity contribution in [2.75, 3.05) is 5.73 Å². The zero-order valence-electron chi connectivity index (χ0n) is 9.29. The molecule has 0 aromatic heterocycles. The first-order valence-electron chi connectivity index (χ1n) is 5.18. The van der Waals surface area contributed by atoms with E-state index in [-0.39, 0.29) is 0 Å². The molecule has 0 spiro atoms. The molecule has 0 saturated carbocycles. The van der Waals surface area contributed by atoms with E-state index in [0.29, 0.717) is 28.1 Å². The van der Waals surface area contributed by atoms with Gasteiger partial charge < -0.3 is 10.5 Å². The van der Waals surface area contributed by atoms with Gasteiger partial charge in [-0.3, -0.25) is 0 Å². The lowest BCUT2D eigenvalue weighted by Crippen LogP contribution is -1.98. The summed E-state index contributed by atoms with van der Waals surface area (Å²) in [6.07, 6.45) is 0. The molecule has 2 N–H and O–H groups in total. The van der Waals surface area contributed by atoms with Crippen LogP contribution in [0.25, 0.3) is 0 Å². The molecular weight excluding hydrogens is 337 g/mol. The molecule has 94 valence electrons. The molecule has 0 aliphatic heterocycles. The fourth-order valence-electron chi connectivity index (χ4n) is 1.45. The predicted molar refractivity (Wildman–Crippen MR) is 79.3 cm³/mol. The topological polar surface area (TPSA) is 35.2 Å². The molecule has 0 heterocycles. The molecule has 0 atom stereocenters. The molecule has 0 radical (unpaired) electrons. The highest BCUT2D eigenvalue weighted by atomic mass is 79.9. The van der Waals surface area contributed by atoms with E-state index in [1.165, 1.54) is 0 Å². The van der Waals surface area contributed by atoms with Crippen molar-refractivity contribution in [3.63, 3.8) is 0 Å². The van der Waals surface area contributed by atoms with Crippen LogP contribution in [0.1, 0.15) is 5.56 Å². The summed E-state index contributed by atoms with van der Waals surface area (Å²) in [7, 11) is 0. The lowest BCUT2D eigenvalue weighted by molar-refractivity contribution is 0.306. The van der Waals surface area contributed by atoms with Crippen molar-refractivity contribution < 1.29 is 4.74 Å². The first-order chi connectivity index (χ1) is 8.56. The summed E-state index contributed by atoms with van der Waals surface area (Å²) in [4.78, 5) is 0. The van der Waals surface area contributed by atoms with E-state index >= 15 is 0 Å². The number of nitrogens with two attached hydrogens (primary N) is 1. The Morgan fingerprint density at radius 3 is 2.56 bits per heavy atom. The van der Waals surface area contributed by atoms with E-state index in [9.17, 15) is 0 Å². The van der Waals surface area contributed by atoms with Gasteiger partial charge in [0.25, 0.3) is 0 Å². The van der Waals surface area contributed by atoms with Crippen LogP contribution in [0.4, 0.5) is 5.69 Å². The van der Waals surface area contributed by atoms with E-state index in [1.807, 2.05) is 12.1 Å². The maximum atomic E-state index is 6.06. The summed E-state index contributed by atoms with van der Waals surface area (Å²) in [5, 5.41) is 1.17. The first-order valence-corrected chi connectivity index (χ1v) is 6.73. The van der Waals surface area contributed by atoms with Gasteiger partial charge in [0.05, 0.1) is 5.02 Å². The van der Waals surface area contributed by atoms with Crippen molar-refractivity contribution in [3.05, 3.63) is 56.5 Å². The molecule has 0 bridgehead atoms. The first kappa shape index (κ1) is 13.5. The summed E-state index contributed by atoms with van der Waals surface area (Å²) in [6.45, 7) is 0.319. The Bertz CT molecular complexity index is 523. The highest BCUT2D eigenvalue weighted by molar-refractivity contribution is 9.10. The molecule has 0 aliphatic rings. The molecule has 5 heteroatoms. The highest BCUT2D eigenvalue weighted by Gasteiger charge is 2.05. The summed E-state index contributed by atoms with van der Waals surface area (Å²) >= 11 is 15.4. The number of hydrogen-bond acceptors (Lipinski definition) is 2. The van der Waals surface area contributed by atoms with Gasteiger partial charge in [0.15, 0.2) is 0 Å². The molecule has 18 heavy (non-hydrogen) atoms. The van der Waals surface area contributed by atoms with Gasteiger partial charge in [0.1, 0.15) is 12.4 Å². The minimum absolute atomic E-state index is 0.319. The number of rotatable bonds is 3. The van der Waals surface area contributed by atoms with Crippen LogP contribution in [-0.2, 0) is 6.61 Å². The van der Waals surface area contributed by atoms with Crippen LogP contribution in [0.15, 0.2) is 40.9 Å². The molecule has 0 amide bonds. The number of halogens is 3. The average Bonchev–Trinajstić information content (AvgIpc) is 2.34. The summed E-state index contributed by atoms with van der Waals surface area (Å²) in [5.41, 5.74) is 7.18. The Hall–Kier alpha value is -0.900. The van der Waals surface area contributed by atoms with Gasteiger partial charge in [0.2, 0.25) is 0 Å². The van der Waals surface area contributed by atoms with Crippen LogP contribution in [-0.4, -0.2) is 0 Å². The molecular formula is C13H10BrCl2NO. The van der Waals surface area contributed by atoms with E-state index in [2.05, 4.69) is 15.9 Å². The zero-order chi connectivity index (χ0) is 13.1. The molecule has 0 unspecified atom stereocenters. The third-order valence-corrected chi connectivity index (χ3v) is 3.52. The largest absolute Gasteiger partial charge is 0.487 e. The molecule has 2 nitrogen and oxygen atoms in total. The molecule has 0 fully saturated rings. The fraction of sp³-hybridized carbons (Fsp3) is 0.0769. The lowest BCUT2D eigenvalue weighted by atomic mass is 10.2. The quantitative estimate of drug-likeness (QED) is 0.801. The smallest absolute Gasteiger partial charge is 0.139 e. The van der Waals surface area contributed by atoms with Crippen molar-refractivity contribution >= 4 is 44.8 Å². The maximum Gasteiger partial charge on any atom is 0.139 e. The number of anilines is 1. The highest BCUT2D eigenvalue weighted by Crippen LogP contribution is 2.29. The molecule has 0 aliphatic carbocycles. The second kappa shape index (κ2) is 5.83. The van der Waals surface area contributed by atoms with Crippen LogP contribution in [0.3, 0.4) is 0 Å². The Balaban J connectivity index is 2.16. The SMILES string of the molecule is Nc1ccc(Cl)c(COc2cc(Br)ccc2Cl)c1. The summed E-state index contributed by atoms with van der Waals surface area (Å²) in [6, 6.07) is 10.7. The monoisotopic (exact) mass is 345 g/mol. The third-order valence-electron chi connectivity index (χ3n) is 2.35. The average molecular weight is 347 g/mol. The van der Waals surface area contributed by atoms with Crippen molar-refractivity contribution in [2.45, 2.75) is 6.61 Å². The second-order valence-electron chi connectivity index (χ2n) is 3.71. The van der Waals surface area contributed by atoms with Gasteiger partial charge in [0, 0.05) is 20.7 Å². The van der Waals surface area contributed by atoms with Gasteiger partial charge in [-0.1, -0.05) is 39.1 Å². The molecule has 2 aromatic carbocycles. The van der Waals surface area contributed by atoms with Crippen LogP contribution < -0.4 is 10.5 Å². The predicted octanol–water partition coefficient (Wildman–Crippen LogP) is 4.92. The van der Waals surface area contributed by atoms with Gasteiger partial charge in [-0.15, -0.1) is 0 Å². The standard InChI is InChI=1S/C13H10BrCl2NO/c14-9-1-3-12(16)13(6-9)18-7-8-5-10(17)2-4-11(8)15/h1-6H,7,17H2. The zero-order valence-corrected chi connectivity index (χ0v) is 12.4. The van der Waals surface area contributed by atoms with Crippen LogP contribution in [0, 0.1) is 0 Å². The van der Waals surface area contributed by atoms with Gasteiger partial charge >= 0.3 is 0 Å². The third kappa shape index (κ3) is 3.31. The minimum atomic E-state index is 0.319. The maximum absolute atomic E-state index is 6.06. The van der Waals surface area contributed by atoms with Gasteiger partial charge in [-0.25, -0.2) is 0 Å². The van der Waals surface area contributed by atoms with E-state index in [0.717, 1.165) is 10.0 Å². The molecule has 0 saturated heterocycles. The number of ether oxygens (including phenoxy) is 1. The van der Waals surface area contributed by atoms with E-state index < -0.39 is 0 Å². The summed E-state index contributed by atoms with van der Waals surface area (Å²) < 4.78 is 6.54. The van der Waals surface area contributed by atoms with Crippen molar-refractivity contribution in [2.24, 2.45) is 0 Å². The van der Waals surface area contributed by atoms with Gasteiger partial charge in [-0.05, 0) is 36.4 Å². The van der Waals surface area contributed by atoms with Crippen LogP contribution >= 0.6 is 39.1 Å². The van der Waals surface area contributed by atoms with Crippen LogP contribution in [0.2, 0.25) is 10.0 Å². The Labute approximate surface area is 124 Å². The minimum Gasteiger partial charge on any atom is -0.487 e. The number of hydrogen-bond donors (Lipinski definition) is 1. The second-order valence-corrected chi connectivity index (χ2v) is 5.44. The van der Waals surface area contributed by atoms with Crippen molar-refractivity contribution in [1.82, 2.24) is 0 Å². The Morgan fingerprint density at radius 2 is 1.78 bits per heavy atom. The Morgan fingerprint density at radius 1 is 1.06 bits per heavy atom. The van der Waals surface area contributed by atoms with Crippen molar-refractivity contribution in [1.29, 1.82) is 0 Å². The van der Waals surface area contributed by atoms with E-state index in [1.54, 1.807) is 24.3 Å². The van der Waals surface area contributed by atoms with Crippen LogP contribution in [0.5, 0.6) is 5.75 Å². The Kier molecular flexibility index (Phi) is 4.38. The van der Waals surface area contributed by atoms with Gasteiger partial charge in [-0.2, -0.15) is 0 Å². The van der Waals surface area contributed by atoms with Crippen molar-refractivity contribution in [3.8, 4) is 5.75 Å². The lowest BCUT2D eigenvalue weighted by Gasteiger charge is -2.10. The normalized spacial score (nSPS) is 10.4. The molecule has 2 rings (SSSR count). The number of nitrogen functional groups attached to an aromatic ring is 1. The number of benzene rings is 2. The fourth-order valence-corrected chi connectivity index (χ4v) is 2.13. The molecule has 2 aromatic rings. The summed E-state index contributed by atoms with van der Waals surface area (Å²) in [5.74, 6) is 0.601.